The summed E-state index contributed by atoms with van der Waals surface area (Å²) < 4.78 is 6.41. The first kappa shape index (κ1) is 20.5. The second kappa shape index (κ2) is 9.80. The van der Waals surface area contributed by atoms with Crippen LogP contribution in [0.5, 0.6) is 0 Å². The summed E-state index contributed by atoms with van der Waals surface area (Å²) in [6.45, 7) is 2.92. The van der Waals surface area contributed by atoms with E-state index in [2.05, 4.69) is 26.6 Å². The van der Waals surface area contributed by atoms with Crippen LogP contribution < -0.4 is 10.6 Å². The summed E-state index contributed by atoms with van der Waals surface area (Å²) in [7, 11) is 0. The van der Waals surface area contributed by atoms with E-state index in [1.807, 2.05) is 36.4 Å². The van der Waals surface area contributed by atoms with Crippen LogP contribution in [0.15, 0.2) is 63.7 Å². The van der Waals surface area contributed by atoms with E-state index in [1.54, 1.807) is 19.1 Å². The zero-order valence-corrected chi connectivity index (χ0v) is 17.9. The number of carbonyl (C=O) groups is 2. The number of rotatable bonds is 6. The smallest absolute Gasteiger partial charge is 0.265 e. The fraction of sp³-hybridized carbons (Fsp3) is 0.238. The summed E-state index contributed by atoms with van der Waals surface area (Å²) in [5.41, 5.74) is 2.61. The lowest BCUT2D eigenvalue weighted by Gasteiger charge is -2.17. The normalized spacial score (nSPS) is 13.6. The predicted molar refractivity (Wildman–Crippen MR) is 116 cm³/mol. The van der Waals surface area contributed by atoms with Crippen molar-refractivity contribution in [2.24, 2.45) is 0 Å². The van der Waals surface area contributed by atoms with Crippen LogP contribution in [0.25, 0.3) is 0 Å². The minimum atomic E-state index is -0.165. The van der Waals surface area contributed by atoms with Gasteiger partial charge in [-0.05, 0) is 42.3 Å². The van der Waals surface area contributed by atoms with Gasteiger partial charge in [0.05, 0.1) is 13.0 Å². The van der Waals surface area contributed by atoms with Crippen LogP contribution in [-0.4, -0.2) is 24.2 Å². The van der Waals surface area contributed by atoms with E-state index in [1.165, 1.54) is 11.8 Å². The maximum atomic E-state index is 12.3. The second-order valence-electron chi connectivity index (χ2n) is 6.32. The van der Waals surface area contributed by atoms with E-state index in [-0.39, 0.29) is 18.2 Å². The standard InChI is InChI=1S/C21H21BrN2O3S/c1-14-20(28-10-9-27-14)21(26)24-18-7-5-15(6-8-18)12-19(25)23-13-16-3-2-4-17(22)11-16/h2-8,11H,9-10,12-13H2,1H3,(H,23,25)(H,24,26). The molecule has 0 saturated heterocycles. The summed E-state index contributed by atoms with van der Waals surface area (Å²) in [4.78, 5) is 25.1. The maximum absolute atomic E-state index is 12.3. The molecule has 2 aromatic carbocycles. The molecule has 2 amide bonds. The molecule has 0 atom stereocenters. The number of nitrogens with one attached hydrogen (secondary N) is 2. The highest BCUT2D eigenvalue weighted by Gasteiger charge is 2.18. The van der Waals surface area contributed by atoms with E-state index < -0.39 is 0 Å². The molecule has 0 radical (unpaired) electrons. The topological polar surface area (TPSA) is 67.4 Å². The monoisotopic (exact) mass is 460 g/mol. The number of thioether (sulfide) groups is 1. The molecule has 3 rings (SSSR count). The molecular formula is C21H21BrN2O3S. The zero-order valence-electron chi connectivity index (χ0n) is 15.5. The van der Waals surface area contributed by atoms with Crippen LogP contribution >= 0.6 is 27.7 Å². The van der Waals surface area contributed by atoms with E-state index >= 15 is 0 Å². The van der Waals surface area contributed by atoms with Gasteiger partial charge in [0.25, 0.3) is 5.91 Å². The van der Waals surface area contributed by atoms with Crippen molar-refractivity contribution in [1.29, 1.82) is 0 Å². The predicted octanol–water partition coefficient (Wildman–Crippen LogP) is 4.24. The minimum Gasteiger partial charge on any atom is -0.496 e. The number of hydrogen-bond donors (Lipinski definition) is 2. The van der Waals surface area contributed by atoms with Gasteiger partial charge in [-0.15, -0.1) is 11.8 Å². The average Bonchev–Trinajstić information content (AvgIpc) is 2.68. The lowest BCUT2D eigenvalue weighted by atomic mass is 10.1. The first-order valence-electron chi connectivity index (χ1n) is 8.89. The zero-order chi connectivity index (χ0) is 19.9. The van der Waals surface area contributed by atoms with E-state index in [9.17, 15) is 9.59 Å². The summed E-state index contributed by atoms with van der Waals surface area (Å²) in [6, 6.07) is 15.1. The molecule has 1 heterocycles. The van der Waals surface area contributed by atoms with Gasteiger partial charge >= 0.3 is 0 Å². The van der Waals surface area contributed by atoms with Crippen molar-refractivity contribution in [3.05, 3.63) is 74.8 Å². The number of halogens is 1. The average molecular weight is 461 g/mol. The molecule has 0 saturated carbocycles. The molecule has 146 valence electrons. The Morgan fingerprint density at radius 2 is 1.93 bits per heavy atom. The van der Waals surface area contributed by atoms with E-state index in [0.717, 1.165) is 21.4 Å². The van der Waals surface area contributed by atoms with Gasteiger partial charge in [0.15, 0.2) is 0 Å². The Kier molecular flexibility index (Phi) is 7.17. The van der Waals surface area contributed by atoms with Crippen molar-refractivity contribution in [1.82, 2.24) is 5.32 Å². The number of hydrogen-bond acceptors (Lipinski definition) is 4. The SMILES string of the molecule is CC1=C(C(=O)Nc2ccc(CC(=O)NCc3cccc(Br)c3)cc2)SCCO1. The molecule has 0 bridgehead atoms. The molecule has 0 aromatic heterocycles. The number of amides is 2. The Hall–Kier alpha value is -2.25. The first-order valence-corrected chi connectivity index (χ1v) is 10.7. The van der Waals surface area contributed by atoms with Crippen LogP contribution in [-0.2, 0) is 27.3 Å². The van der Waals surface area contributed by atoms with Gasteiger partial charge in [-0.2, -0.15) is 0 Å². The van der Waals surface area contributed by atoms with Crippen molar-refractivity contribution in [2.75, 3.05) is 17.7 Å². The van der Waals surface area contributed by atoms with Crippen molar-refractivity contribution in [3.8, 4) is 0 Å². The third-order valence-corrected chi connectivity index (χ3v) is 5.76. The van der Waals surface area contributed by atoms with Crippen LogP contribution in [0.3, 0.4) is 0 Å². The highest BCUT2D eigenvalue weighted by Crippen LogP contribution is 2.26. The quantitative estimate of drug-likeness (QED) is 0.676. The minimum absolute atomic E-state index is 0.0479. The number of ether oxygens (including phenoxy) is 1. The molecular weight excluding hydrogens is 440 g/mol. The Morgan fingerprint density at radius 3 is 2.64 bits per heavy atom. The van der Waals surface area contributed by atoms with Gasteiger partial charge in [-0.1, -0.05) is 40.2 Å². The number of anilines is 1. The van der Waals surface area contributed by atoms with Gasteiger partial charge in [-0.25, -0.2) is 0 Å². The molecule has 1 aliphatic heterocycles. The molecule has 2 N–H and O–H groups in total. The van der Waals surface area contributed by atoms with Crippen molar-refractivity contribution in [2.45, 2.75) is 19.9 Å². The van der Waals surface area contributed by atoms with Gasteiger partial charge in [0.2, 0.25) is 5.91 Å². The Bertz CT molecular complexity index is 897. The molecule has 28 heavy (non-hydrogen) atoms. The fourth-order valence-corrected chi connectivity index (χ4v) is 3.98. The molecule has 2 aromatic rings. The first-order chi connectivity index (χ1) is 13.5. The highest BCUT2D eigenvalue weighted by atomic mass is 79.9. The third kappa shape index (κ3) is 5.87. The van der Waals surface area contributed by atoms with Crippen molar-refractivity contribution in [3.63, 3.8) is 0 Å². The Balaban J connectivity index is 1.51. The molecule has 0 aliphatic carbocycles. The molecule has 5 nitrogen and oxygen atoms in total. The summed E-state index contributed by atoms with van der Waals surface area (Å²) >= 11 is 4.92. The van der Waals surface area contributed by atoms with Crippen LogP contribution in [0.2, 0.25) is 0 Å². The van der Waals surface area contributed by atoms with Crippen molar-refractivity contribution >= 4 is 45.2 Å². The van der Waals surface area contributed by atoms with E-state index in [0.29, 0.717) is 29.5 Å². The number of allylic oxidation sites excluding steroid dienone is 1. The van der Waals surface area contributed by atoms with Crippen LogP contribution in [0.4, 0.5) is 5.69 Å². The van der Waals surface area contributed by atoms with Gasteiger partial charge in [0.1, 0.15) is 10.7 Å². The largest absolute Gasteiger partial charge is 0.496 e. The molecule has 7 heteroatoms. The highest BCUT2D eigenvalue weighted by molar-refractivity contribution is 9.10. The molecule has 1 aliphatic rings. The Morgan fingerprint density at radius 1 is 1.14 bits per heavy atom. The fourth-order valence-electron chi connectivity index (χ4n) is 2.72. The Labute approximate surface area is 177 Å². The third-order valence-electron chi connectivity index (χ3n) is 4.13. The van der Waals surface area contributed by atoms with Gasteiger partial charge in [0, 0.05) is 22.5 Å². The second-order valence-corrected chi connectivity index (χ2v) is 8.34. The van der Waals surface area contributed by atoms with E-state index in [4.69, 9.17) is 4.74 Å². The lowest BCUT2D eigenvalue weighted by Crippen LogP contribution is -2.24. The summed E-state index contributed by atoms with van der Waals surface area (Å²) in [5.74, 6) is 1.22. The molecule has 0 unspecified atom stereocenters. The maximum Gasteiger partial charge on any atom is 0.265 e. The number of benzene rings is 2. The molecule has 0 fully saturated rings. The number of carbonyl (C=O) groups excluding carboxylic acids is 2. The summed E-state index contributed by atoms with van der Waals surface area (Å²) in [6.07, 6.45) is 0.288. The molecule has 0 spiro atoms. The van der Waals surface area contributed by atoms with Gasteiger partial charge in [-0.3, -0.25) is 9.59 Å². The van der Waals surface area contributed by atoms with Crippen LogP contribution in [0.1, 0.15) is 18.1 Å². The summed E-state index contributed by atoms with van der Waals surface area (Å²) in [5, 5.41) is 5.79. The van der Waals surface area contributed by atoms with Crippen molar-refractivity contribution < 1.29 is 14.3 Å². The van der Waals surface area contributed by atoms with Crippen LogP contribution in [0, 0.1) is 0 Å². The lowest BCUT2D eigenvalue weighted by molar-refractivity contribution is -0.120. The van der Waals surface area contributed by atoms with Gasteiger partial charge < -0.3 is 15.4 Å².